The fourth-order valence-corrected chi connectivity index (χ4v) is 4.23. The number of carbonyl (C=O) groups excluding carboxylic acids is 1. The number of hydrogen-bond acceptors (Lipinski definition) is 4. The van der Waals surface area contributed by atoms with E-state index in [-0.39, 0.29) is 0 Å². The summed E-state index contributed by atoms with van der Waals surface area (Å²) in [5.74, 6) is 1.18. The highest BCUT2D eigenvalue weighted by atomic mass is 32.2. The van der Waals surface area contributed by atoms with Gasteiger partial charge in [-0.3, -0.25) is 14.4 Å². The maximum atomic E-state index is 12.6. The van der Waals surface area contributed by atoms with E-state index >= 15 is 0 Å². The summed E-state index contributed by atoms with van der Waals surface area (Å²) in [5, 5.41) is 5.67. The lowest BCUT2D eigenvalue weighted by atomic mass is 9.94. The van der Waals surface area contributed by atoms with E-state index in [1.54, 1.807) is 11.8 Å². The fraction of sp³-hybridized carbons (Fsp3) is 0.778. The molecular weight excluding hydrogens is 320 g/mol. The molecule has 0 N–H and O–H groups in total. The molecule has 1 aromatic rings. The second-order valence-electron chi connectivity index (χ2n) is 7.08. The lowest BCUT2D eigenvalue weighted by molar-refractivity contribution is -0.134. The van der Waals surface area contributed by atoms with E-state index in [2.05, 4.69) is 45.0 Å². The predicted molar refractivity (Wildman–Crippen MR) is 98.3 cm³/mol. The van der Waals surface area contributed by atoms with Crippen molar-refractivity contribution in [2.24, 2.45) is 5.92 Å². The van der Waals surface area contributed by atoms with Gasteiger partial charge in [0.1, 0.15) is 5.03 Å². The summed E-state index contributed by atoms with van der Waals surface area (Å²) in [7, 11) is 0. The van der Waals surface area contributed by atoms with Crippen molar-refractivity contribution in [3.05, 3.63) is 12.3 Å². The smallest absolute Gasteiger partial charge is 0.236 e. The molecule has 0 bridgehead atoms. The molecule has 6 heteroatoms. The number of amides is 1. The number of carbonyl (C=O) groups is 1. The predicted octanol–water partition coefficient (Wildman–Crippen LogP) is 2.89. The first-order chi connectivity index (χ1) is 11.7. The van der Waals surface area contributed by atoms with Crippen molar-refractivity contribution >= 4 is 17.7 Å². The summed E-state index contributed by atoms with van der Waals surface area (Å²) in [6.07, 6.45) is 9.94. The van der Waals surface area contributed by atoms with Gasteiger partial charge in [-0.25, -0.2) is 0 Å². The van der Waals surface area contributed by atoms with Crippen LogP contribution in [0.2, 0.25) is 0 Å². The zero-order chi connectivity index (χ0) is 16.9. The van der Waals surface area contributed by atoms with Crippen molar-refractivity contribution in [1.82, 2.24) is 19.6 Å². The van der Waals surface area contributed by atoms with Gasteiger partial charge in [-0.1, -0.05) is 13.3 Å². The van der Waals surface area contributed by atoms with Gasteiger partial charge in [0.25, 0.3) is 0 Å². The molecule has 0 atom stereocenters. The van der Waals surface area contributed by atoms with Gasteiger partial charge < -0.3 is 4.90 Å². The third kappa shape index (κ3) is 4.33. The second kappa shape index (κ2) is 8.39. The highest BCUT2D eigenvalue weighted by molar-refractivity contribution is 7.98. The normalized spacial score (nSPS) is 21.3. The van der Waals surface area contributed by atoms with E-state index in [0.717, 1.165) is 50.0 Å². The summed E-state index contributed by atoms with van der Waals surface area (Å²) in [6, 6.07) is 2.51. The molecule has 0 aliphatic carbocycles. The monoisotopic (exact) mass is 350 g/mol. The van der Waals surface area contributed by atoms with Crippen molar-refractivity contribution < 1.29 is 4.79 Å². The molecule has 3 rings (SSSR count). The number of thioether (sulfide) groups is 1. The van der Waals surface area contributed by atoms with Crippen LogP contribution in [0.1, 0.15) is 45.1 Å². The molecule has 3 heterocycles. The minimum atomic E-state index is 0.314. The van der Waals surface area contributed by atoms with E-state index in [4.69, 9.17) is 0 Å². The van der Waals surface area contributed by atoms with Gasteiger partial charge in [-0.05, 0) is 57.0 Å². The highest BCUT2D eigenvalue weighted by Crippen LogP contribution is 2.24. The maximum Gasteiger partial charge on any atom is 0.236 e. The standard InChI is InChI=1S/C18H30N4OS/c1-3-15-4-9-20(10-5-15)14-18(23)21-11-6-16(7-12-21)22-13-8-17(19-22)24-2/h8,13,15-16H,3-7,9-12,14H2,1-2H3. The lowest BCUT2D eigenvalue weighted by Crippen LogP contribution is -2.46. The Labute approximate surface area is 149 Å². The Balaban J connectivity index is 1.43. The summed E-state index contributed by atoms with van der Waals surface area (Å²) in [5.41, 5.74) is 0. The minimum absolute atomic E-state index is 0.314. The average Bonchev–Trinajstić information content (AvgIpc) is 3.11. The quantitative estimate of drug-likeness (QED) is 0.766. The molecule has 0 saturated carbocycles. The molecule has 0 spiro atoms. The number of piperidine rings is 2. The van der Waals surface area contributed by atoms with Crippen LogP contribution < -0.4 is 0 Å². The van der Waals surface area contributed by atoms with E-state index in [1.165, 1.54) is 19.3 Å². The summed E-state index contributed by atoms with van der Waals surface area (Å²) < 4.78 is 2.09. The van der Waals surface area contributed by atoms with Crippen LogP contribution in [0.4, 0.5) is 0 Å². The Morgan fingerprint density at radius 2 is 1.92 bits per heavy atom. The van der Waals surface area contributed by atoms with E-state index in [9.17, 15) is 4.79 Å². The Morgan fingerprint density at radius 3 is 2.50 bits per heavy atom. The number of likely N-dealkylation sites (tertiary alicyclic amines) is 2. The second-order valence-corrected chi connectivity index (χ2v) is 7.90. The van der Waals surface area contributed by atoms with Crippen LogP contribution in [0.25, 0.3) is 0 Å². The number of rotatable bonds is 5. The molecule has 2 fully saturated rings. The van der Waals surface area contributed by atoms with Crippen molar-refractivity contribution in [3.8, 4) is 0 Å². The Morgan fingerprint density at radius 1 is 1.21 bits per heavy atom. The van der Waals surface area contributed by atoms with Crippen molar-refractivity contribution in [1.29, 1.82) is 0 Å². The van der Waals surface area contributed by atoms with E-state index < -0.39 is 0 Å². The van der Waals surface area contributed by atoms with E-state index in [0.29, 0.717) is 18.5 Å². The summed E-state index contributed by atoms with van der Waals surface area (Å²) in [4.78, 5) is 17.0. The molecule has 5 nitrogen and oxygen atoms in total. The number of aromatic nitrogens is 2. The molecule has 2 aliphatic rings. The van der Waals surface area contributed by atoms with Crippen molar-refractivity contribution in [3.63, 3.8) is 0 Å². The topological polar surface area (TPSA) is 41.4 Å². The SMILES string of the molecule is CCC1CCN(CC(=O)N2CCC(n3ccc(SC)n3)CC2)CC1. The lowest BCUT2D eigenvalue weighted by Gasteiger charge is -2.35. The minimum Gasteiger partial charge on any atom is -0.341 e. The van der Waals surface area contributed by atoms with Crippen LogP contribution in [0.3, 0.4) is 0 Å². The van der Waals surface area contributed by atoms with Crippen LogP contribution in [-0.2, 0) is 4.79 Å². The summed E-state index contributed by atoms with van der Waals surface area (Å²) in [6.45, 7) is 6.79. The van der Waals surface area contributed by atoms with Gasteiger partial charge in [0.2, 0.25) is 5.91 Å². The molecule has 2 aliphatic heterocycles. The molecule has 134 valence electrons. The average molecular weight is 351 g/mol. The molecular formula is C18H30N4OS. The van der Waals surface area contributed by atoms with Gasteiger partial charge in [0.05, 0.1) is 12.6 Å². The van der Waals surface area contributed by atoms with Gasteiger partial charge in [0, 0.05) is 19.3 Å². The third-order valence-corrected chi connectivity index (χ3v) is 6.26. The largest absolute Gasteiger partial charge is 0.341 e. The van der Waals surface area contributed by atoms with Crippen LogP contribution in [-0.4, -0.2) is 64.5 Å². The van der Waals surface area contributed by atoms with Crippen LogP contribution in [0.5, 0.6) is 0 Å². The summed E-state index contributed by atoms with van der Waals surface area (Å²) >= 11 is 1.68. The zero-order valence-electron chi connectivity index (χ0n) is 15.0. The van der Waals surface area contributed by atoms with Crippen LogP contribution >= 0.6 is 11.8 Å². The van der Waals surface area contributed by atoms with Gasteiger partial charge >= 0.3 is 0 Å². The van der Waals surface area contributed by atoms with Crippen LogP contribution in [0.15, 0.2) is 17.3 Å². The number of hydrogen-bond donors (Lipinski definition) is 0. The highest BCUT2D eigenvalue weighted by Gasteiger charge is 2.26. The van der Waals surface area contributed by atoms with Gasteiger partial charge in [0.15, 0.2) is 0 Å². The first-order valence-corrected chi connectivity index (χ1v) is 10.5. The molecule has 1 aromatic heterocycles. The first-order valence-electron chi connectivity index (χ1n) is 9.29. The Bertz CT molecular complexity index is 531. The number of nitrogens with zero attached hydrogens (tertiary/aromatic N) is 4. The Kier molecular flexibility index (Phi) is 6.22. The first kappa shape index (κ1) is 17.8. The molecule has 1 amide bonds. The van der Waals surface area contributed by atoms with Crippen molar-refractivity contribution in [2.45, 2.75) is 50.1 Å². The molecule has 0 aromatic carbocycles. The van der Waals surface area contributed by atoms with E-state index in [1.807, 2.05) is 0 Å². The Hall–Kier alpha value is -1.01. The van der Waals surface area contributed by atoms with Gasteiger partial charge in [-0.2, -0.15) is 5.10 Å². The van der Waals surface area contributed by atoms with Crippen LogP contribution in [0, 0.1) is 5.92 Å². The molecule has 0 unspecified atom stereocenters. The fourth-order valence-electron chi connectivity index (χ4n) is 3.86. The molecule has 2 saturated heterocycles. The van der Waals surface area contributed by atoms with Gasteiger partial charge in [-0.15, -0.1) is 11.8 Å². The molecule has 24 heavy (non-hydrogen) atoms. The third-order valence-electron chi connectivity index (χ3n) is 5.63. The molecule has 0 radical (unpaired) electrons. The maximum absolute atomic E-state index is 12.6. The zero-order valence-corrected chi connectivity index (χ0v) is 15.8. The van der Waals surface area contributed by atoms with Crippen molar-refractivity contribution in [2.75, 3.05) is 39.0 Å².